The van der Waals surface area contributed by atoms with E-state index in [1.54, 1.807) is 18.2 Å². The maximum Gasteiger partial charge on any atom is 0.336 e. The first kappa shape index (κ1) is 15.5. The van der Waals surface area contributed by atoms with E-state index in [-0.39, 0.29) is 5.56 Å². The second kappa shape index (κ2) is 6.01. The third-order valence-electron chi connectivity index (χ3n) is 3.87. The smallest absolute Gasteiger partial charge is 0.336 e. The number of hydrogen-bond acceptors (Lipinski definition) is 2. The molecule has 0 bridgehead atoms. The fourth-order valence-corrected chi connectivity index (χ4v) is 2.67. The van der Waals surface area contributed by atoms with Gasteiger partial charge in [-0.05, 0) is 41.8 Å². The Morgan fingerprint density at radius 1 is 1.09 bits per heavy atom. The largest absolute Gasteiger partial charge is 0.478 e. The SMILES string of the molecule is CC(C)c1ccc2nc(-c3ccc(Cl)cc3)cc(C(=O)O)c2c1. The molecule has 3 aromatic rings. The number of hydrogen-bond donors (Lipinski definition) is 1. The highest BCUT2D eigenvalue weighted by molar-refractivity contribution is 6.30. The first-order valence-electron chi connectivity index (χ1n) is 7.39. The number of carbonyl (C=O) groups is 1. The fourth-order valence-electron chi connectivity index (χ4n) is 2.55. The van der Waals surface area contributed by atoms with Gasteiger partial charge in [-0.25, -0.2) is 9.78 Å². The molecule has 0 saturated heterocycles. The van der Waals surface area contributed by atoms with Gasteiger partial charge >= 0.3 is 5.97 Å². The summed E-state index contributed by atoms with van der Waals surface area (Å²) < 4.78 is 0. The highest BCUT2D eigenvalue weighted by Crippen LogP contribution is 2.28. The van der Waals surface area contributed by atoms with Crippen LogP contribution in [0, 0.1) is 0 Å². The van der Waals surface area contributed by atoms with Crippen LogP contribution in [0.4, 0.5) is 0 Å². The summed E-state index contributed by atoms with van der Waals surface area (Å²) in [7, 11) is 0. The van der Waals surface area contributed by atoms with Gasteiger partial charge in [0.25, 0.3) is 0 Å². The minimum atomic E-state index is -0.950. The Hall–Kier alpha value is -2.39. The van der Waals surface area contributed by atoms with Crippen molar-refractivity contribution in [3.05, 3.63) is 64.7 Å². The fraction of sp³-hybridized carbons (Fsp3) is 0.158. The maximum atomic E-state index is 11.7. The standard InChI is InChI=1S/C19H16ClNO2/c1-11(2)13-5-8-17-15(9-13)16(19(22)23)10-18(21-17)12-3-6-14(20)7-4-12/h3-11H,1-2H3,(H,22,23). The molecule has 1 N–H and O–H groups in total. The zero-order chi connectivity index (χ0) is 16.6. The first-order chi connectivity index (χ1) is 11.0. The summed E-state index contributed by atoms with van der Waals surface area (Å²) >= 11 is 5.91. The van der Waals surface area contributed by atoms with Gasteiger partial charge in [-0.1, -0.05) is 43.6 Å². The second-order valence-corrected chi connectivity index (χ2v) is 6.23. The third kappa shape index (κ3) is 3.06. The number of pyridine rings is 1. The lowest BCUT2D eigenvalue weighted by atomic mass is 9.98. The van der Waals surface area contributed by atoms with Crippen molar-refractivity contribution in [3.8, 4) is 11.3 Å². The molecule has 2 aromatic carbocycles. The van der Waals surface area contributed by atoms with Crippen LogP contribution in [0.2, 0.25) is 5.02 Å². The Labute approximate surface area is 139 Å². The summed E-state index contributed by atoms with van der Waals surface area (Å²) in [5.74, 6) is -0.620. The first-order valence-corrected chi connectivity index (χ1v) is 7.77. The van der Waals surface area contributed by atoms with Gasteiger partial charge in [0.1, 0.15) is 0 Å². The average molecular weight is 326 g/mol. The number of benzene rings is 2. The number of carboxylic acids is 1. The van der Waals surface area contributed by atoms with Gasteiger partial charge in [0.15, 0.2) is 0 Å². The van der Waals surface area contributed by atoms with Crippen molar-refractivity contribution >= 4 is 28.5 Å². The van der Waals surface area contributed by atoms with E-state index in [4.69, 9.17) is 11.6 Å². The van der Waals surface area contributed by atoms with Crippen molar-refractivity contribution in [3.63, 3.8) is 0 Å². The molecule has 0 radical (unpaired) electrons. The van der Waals surface area contributed by atoms with E-state index in [1.807, 2.05) is 30.3 Å². The van der Waals surface area contributed by atoms with E-state index >= 15 is 0 Å². The lowest BCUT2D eigenvalue weighted by molar-refractivity contribution is 0.0699. The molecule has 0 atom stereocenters. The summed E-state index contributed by atoms with van der Waals surface area (Å²) in [5.41, 5.74) is 3.51. The molecular weight excluding hydrogens is 310 g/mol. The summed E-state index contributed by atoms with van der Waals surface area (Å²) in [4.78, 5) is 16.3. The highest BCUT2D eigenvalue weighted by atomic mass is 35.5. The van der Waals surface area contributed by atoms with Crippen LogP contribution in [0.15, 0.2) is 48.5 Å². The molecule has 3 rings (SSSR count). The van der Waals surface area contributed by atoms with Crippen LogP contribution in [0.5, 0.6) is 0 Å². The van der Waals surface area contributed by atoms with Crippen LogP contribution in [-0.4, -0.2) is 16.1 Å². The van der Waals surface area contributed by atoms with Crippen LogP contribution in [0.3, 0.4) is 0 Å². The minimum absolute atomic E-state index is 0.266. The Morgan fingerprint density at radius 2 is 1.78 bits per heavy atom. The summed E-state index contributed by atoms with van der Waals surface area (Å²) in [6.45, 7) is 4.16. The normalized spacial score (nSPS) is 11.1. The number of rotatable bonds is 3. The summed E-state index contributed by atoms with van der Waals surface area (Å²) in [5, 5.41) is 10.9. The molecule has 0 aliphatic rings. The summed E-state index contributed by atoms with van der Waals surface area (Å²) in [6, 6.07) is 14.6. The van der Waals surface area contributed by atoms with Gasteiger partial charge in [0.2, 0.25) is 0 Å². The van der Waals surface area contributed by atoms with E-state index in [2.05, 4.69) is 18.8 Å². The predicted octanol–water partition coefficient (Wildman–Crippen LogP) is 5.38. The zero-order valence-corrected chi connectivity index (χ0v) is 13.6. The van der Waals surface area contributed by atoms with Crippen molar-refractivity contribution in [2.45, 2.75) is 19.8 Å². The van der Waals surface area contributed by atoms with E-state index in [0.29, 0.717) is 27.5 Å². The van der Waals surface area contributed by atoms with Crippen LogP contribution in [0.1, 0.15) is 35.7 Å². The molecular formula is C19H16ClNO2. The van der Waals surface area contributed by atoms with Gasteiger partial charge in [0, 0.05) is 16.0 Å². The van der Waals surface area contributed by atoms with Crippen molar-refractivity contribution in [2.75, 3.05) is 0 Å². The topological polar surface area (TPSA) is 50.2 Å². The van der Waals surface area contributed by atoms with Crippen LogP contribution in [-0.2, 0) is 0 Å². The molecule has 0 aliphatic heterocycles. The number of nitrogens with zero attached hydrogens (tertiary/aromatic N) is 1. The molecule has 0 saturated carbocycles. The Morgan fingerprint density at radius 3 is 2.39 bits per heavy atom. The van der Waals surface area contributed by atoms with E-state index < -0.39 is 5.97 Å². The maximum absolute atomic E-state index is 11.7. The van der Waals surface area contributed by atoms with E-state index in [0.717, 1.165) is 11.1 Å². The number of halogens is 1. The van der Waals surface area contributed by atoms with Crippen LogP contribution >= 0.6 is 11.6 Å². The van der Waals surface area contributed by atoms with Gasteiger partial charge in [-0.15, -0.1) is 0 Å². The molecule has 23 heavy (non-hydrogen) atoms. The number of fused-ring (bicyclic) bond motifs is 1. The van der Waals surface area contributed by atoms with Crippen molar-refractivity contribution in [1.82, 2.24) is 4.98 Å². The minimum Gasteiger partial charge on any atom is -0.478 e. The summed E-state index contributed by atoms with van der Waals surface area (Å²) in [6.07, 6.45) is 0. The van der Waals surface area contributed by atoms with Gasteiger partial charge in [-0.3, -0.25) is 0 Å². The zero-order valence-electron chi connectivity index (χ0n) is 12.9. The highest BCUT2D eigenvalue weighted by Gasteiger charge is 2.14. The van der Waals surface area contributed by atoms with Gasteiger partial charge in [-0.2, -0.15) is 0 Å². The van der Waals surface area contributed by atoms with Crippen LogP contribution in [0.25, 0.3) is 22.2 Å². The average Bonchev–Trinajstić information content (AvgIpc) is 2.53. The monoisotopic (exact) mass is 325 g/mol. The molecule has 0 amide bonds. The van der Waals surface area contributed by atoms with E-state index in [9.17, 15) is 9.90 Å². The Kier molecular flexibility index (Phi) is 4.05. The van der Waals surface area contributed by atoms with Crippen molar-refractivity contribution < 1.29 is 9.90 Å². The molecule has 0 fully saturated rings. The van der Waals surface area contributed by atoms with Gasteiger partial charge in [0.05, 0.1) is 16.8 Å². The molecule has 0 spiro atoms. The molecule has 0 unspecified atom stereocenters. The molecule has 1 aromatic heterocycles. The Balaban J connectivity index is 2.24. The lowest BCUT2D eigenvalue weighted by Crippen LogP contribution is -2.01. The second-order valence-electron chi connectivity index (χ2n) is 5.80. The molecule has 4 heteroatoms. The molecule has 3 nitrogen and oxygen atoms in total. The molecule has 1 heterocycles. The van der Waals surface area contributed by atoms with Gasteiger partial charge < -0.3 is 5.11 Å². The third-order valence-corrected chi connectivity index (χ3v) is 4.12. The van der Waals surface area contributed by atoms with Crippen molar-refractivity contribution in [1.29, 1.82) is 0 Å². The lowest BCUT2D eigenvalue weighted by Gasteiger charge is -2.11. The molecule has 116 valence electrons. The van der Waals surface area contributed by atoms with Crippen LogP contribution < -0.4 is 0 Å². The van der Waals surface area contributed by atoms with E-state index in [1.165, 1.54) is 0 Å². The Bertz CT molecular complexity index is 886. The number of aromatic carboxylic acids is 1. The quantitative estimate of drug-likeness (QED) is 0.703. The number of aromatic nitrogens is 1. The number of carboxylic acid groups (broad SMARTS) is 1. The molecule has 0 aliphatic carbocycles. The van der Waals surface area contributed by atoms with Crippen molar-refractivity contribution in [2.24, 2.45) is 0 Å². The predicted molar refractivity (Wildman–Crippen MR) is 93.2 cm³/mol.